The molecule has 1 aliphatic rings. The third kappa shape index (κ3) is 1.74. The van der Waals surface area contributed by atoms with Crippen LogP contribution in [0.15, 0.2) is 21.1 Å². The lowest BCUT2D eigenvalue weighted by Gasteiger charge is -1.94. The molecular formula is C6H7IS. The van der Waals surface area contributed by atoms with Crippen LogP contribution >= 0.6 is 32.5 Å². The van der Waals surface area contributed by atoms with Gasteiger partial charge in [0, 0.05) is 4.91 Å². The summed E-state index contributed by atoms with van der Waals surface area (Å²) in [4.78, 5) is 1.39. The maximum atomic E-state index is 2.28. The molecule has 0 saturated carbocycles. The average molecular weight is 238 g/mol. The lowest BCUT2D eigenvalue weighted by atomic mass is 10.5. The molecule has 1 heterocycles. The second-order valence-corrected chi connectivity index (χ2v) is 4.35. The zero-order valence-corrected chi connectivity index (χ0v) is 7.57. The van der Waals surface area contributed by atoms with Gasteiger partial charge in [-0.25, -0.2) is 0 Å². The quantitative estimate of drug-likeness (QED) is 0.632. The number of allylic oxidation sites excluding steroid dienone is 2. The number of rotatable bonds is 1. The van der Waals surface area contributed by atoms with Crippen LogP contribution < -0.4 is 0 Å². The summed E-state index contributed by atoms with van der Waals surface area (Å²) in [5.74, 6) is 0. The van der Waals surface area contributed by atoms with Crippen molar-refractivity contribution in [3.05, 3.63) is 21.1 Å². The van der Waals surface area contributed by atoms with Crippen molar-refractivity contribution in [2.24, 2.45) is 0 Å². The van der Waals surface area contributed by atoms with Gasteiger partial charge in [-0.2, -0.15) is 0 Å². The van der Waals surface area contributed by atoms with Crippen LogP contribution in [0.2, 0.25) is 0 Å². The first-order valence-corrected chi connectivity index (χ1v) is 6.01. The van der Waals surface area contributed by atoms with Crippen LogP contribution in [-0.2, 0) is 0 Å². The Hall–Kier alpha value is 0.430. The topological polar surface area (TPSA) is 0 Å². The minimum atomic E-state index is 0.286. The molecular weight excluding hydrogens is 231 g/mol. The van der Waals surface area contributed by atoms with Crippen molar-refractivity contribution < 1.29 is 0 Å². The number of hydrogen-bond donors (Lipinski definition) is 0. The minimum absolute atomic E-state index is 0.286. The van der Waals surface area contributed by atoms with Gasteiger partial charge in [-0.1, -0.05) is 20.7 Å². The van der Waals surface area contributed by atoms with Gasteiger partial charge in [-0.3, -0.25) is 0 Å². The first kappa shape index (κ1) is 6.55. The van der Waals surface area contributed by atoms with Gasteiger partial charge in [0.2, 0.25) is 0 Å². The number of halogens is 1. The van der Waals surface area contributed by atoms with E-state index in [1.54, 1.807) is 11.8 Å². The van der Waals surface area contributed by atoms with E-state index < -0.39 is 0 Å². The van der Waals surface area contributed by atoms with E-state index in [1.807, 2.05) is 0 Å². The Balaban J connectivity index is 2.68. The van der Waals surface area contributed by atoms with Crippen LogP contribution in [0, 0.1) is 0 Å². The van der Waals surface area contributed by atoms with Crippen LogP contribution in [0.4, 0.5) is 0 Å². The molecule has 0 aliphatic carbocycles. The standard InChI is InChI=1S/C6H7IS/c1-8-6-2-4-7-5-3-6/h2-5H,1H3. The highest BCUT2D eigenvalue weighted by molar-refractivity contribution is 14.2. The molecule has 1 rings (SSSR count). The monoisotopic (exact) mass is 238 g/mol. The van der Waals surface area contributed by atoms with Crippen molar-refractivity contribution >= 4 is 36.5 Å². The normalized spacial score (nSPS) is 17.4. The Morgan fingerprint density at radius 1 is 1.62 bits per heavy atom. The highest BCUT2D eigenvalue weighted by atomic mass is 127. The lowest BCUT2D eigenvalue weighted by molar-refractivity contribution is 1.99. The zero-order valence-electron chi connectivity index (χ0n) is 4.60. The minimum Gasteiger partial charge on any atom is -0.130 e. The summed E-state index contributed by atoms with van der Waals surface area (Å²) in [5.41, 5.74) is 0. The molecule has 8 heavy (non-hydrogen) atoms. The van der Waals surface area contributed by atoms with Gasteiger partial charge in [0.25, 0.3) is 0 Å². The summed E-state index contributed by atoms with van der Waals surface area (Å²) >= 11 is 2.09. The molecule has 0 spiro atoms. The van der Waals surface area contributed by atoms with Crippen molar-refractivity contribution in [1.29, 1.82) is 0 Å². The zero-order chi connectivity index (χ0) is 5.82. The first-order valence-electron chi connectivity index (χ1n) is 2.29. The summed E-state index contributed by atoms with van der Waals surface area (Å²) in [6.07, 6.45) is 6.52. The molecule has 0 fully saturated rings. The second kappa shape index (κ2) is 3.45. The summed E-state index contributed by atoms with van der Waals surface area (Å²) in [6.45, 7) is 0. The van der Waals surface area contributed by atoms with E-state index in [2.05, 4.69) is 26.5 Å². The van der Waals surface area contributed by atoms with E-state index in [0.29, 0.717) is 0 Å². The molecule has 0 aromatic carbocycles. The molecule has 0 aromatic rings. The van der Waals surface area contributed by atoms with Crippen molar-refractivity contribution in [3.8, 4) is 0 Å². The lowest BCUT2D eigenvalue weighted by Crippen LogP contribution is -1.70. The molecule has 0 saturated heterocycles. The Morgan fingerprint density at radius 3 is 2.88 bits per heavy atom. The van der Waals surface area contributed by atoms with Gasteiger partial charge in [-0.05, 0) is 26.5 Å². The fraction of sp³-hybridized carbons (Fsp3) is 0.167. The van der Waals surface area contributed by atoms with Gasteiger partial charge < -0.3 is 0 Å². The van der Waals surface area contributed by atoms with Gasteiger partial charge in [0.1, 0.15) is 0 Å². The van der Waals surface area contributed by atoms with Crippen LogP contribution in [0.3, 0.4) is 0 Å². The van der Waals surface area contributed by atoms with Crippen LogP contribution in [0.25, 0.3) is 0 Å². The van der Waals surface area contributed by atoms with Gasteiger partial charge in [0.15, 0.2) is 0 Å². The second-order valence-electron chi connectivity index (χ2n) is 1.32. The maximum Gasteiger partial charge on any atom is 0.00778 e. The third-order valence-corrected chi connectivity index (χ3v) is 3.13. The third-order valence-electron chi connectivity index (χ3n) is 0.836. The number of thioether (sulfide) groups is 1. The highest BCUT2D eigenvalue weighted by Gasteiger charge is 1.86. The van der Waals surface area contributed by atoms with E-state index in [-0.39, 0.29) is 20.7 Å². The maximum absolute atomic E-state index is 2.28. The molecule has 0 radical (unpaired) electrons. The van der Waals surface area contributed by atoms with E-state index in [4.69, 9.17) is 0 Å². The molecule has 44 valence electrons. The van der Waals surface area contributed by atoms with Gasteiger partial charge >= 0.3 is 0 Å². The van der Waals surface area contributed by atoms with E-state index in [0.717, 1.165) is 0 Å². The first-order chi connectivity index (χ1) is 3.93. The Labute approximate surface area is 63.8 Å². The predicted octanol–water partition coefficient (Wildman–Crippen LogP) is 2.53. The SMILES string of the molecule is CSC1=CC=IC=C1. The average Bonchev–Trinajstić information content (AvgIpc) is 1.90. The van der Waals surface area contributed by atoms with Crippen LogP contribution in [0.1, 0.15) is 0 Å². The molecule has 0 N–H and O–H groups in total. The smallest absolute Gasteiger partial charge is 0.00778 e. The van der Waals surface area contributed by atoms with Crippen molar-refractivity contribution in [2.75, 3.05) is 6.26 Å². The van der Waals surface area contributed by atoms with Gasteiger partial charge in [-0.15, -0.1) is 11.8 Å². The molecule has 0 nitrogen and oxygen atoms in total. The van der Waals surface area contributed by atoms with E-state index in [9.17, 15) is 0 Å². The van der Waals surface area contributed by atoms with Crippen molar-refractivity contribution in [3.63, 3.8) is 0 Å². The Bertz CT molecular complexity index is 156. The Kier molecular flexibility index (Phi) is 2.83. The molecule has 2 heteroatoms. The van der Waals surface area contributed by atoms with Crippen molar-refractivity contribution in [1.82, 2.24) is 0 Å². The number of hydrogen-bond acceptors (Lipinski definition) is 1. The summed E-state index contributed by atoms with van der Waals surface area (Å²) in [7, 11) is 0. The fourth-order valence-electron chi connectivity index (χ4n) is 0.431. The largest absolute Gasteiger partial charge is 0.130 e. The van der Waals surface area contributed by atoms with Crippen LogP contribution in [-0.4, -0.2) is 10.3 Å². The highest BCUT2D eigenvalue weighted by Crippen LogP contribution is 2.17. The van der Waals surface area contributed by atoms with Gasteiger partial charge in [0.05, 0.1) is 0 Å². The molecule has 0 bridgehead atoms. The van der Waals surface area contributed by atoms with E-state index in [1.165, 1.54) is 4.91 Å². The molecule has 0 aromatic heterocycles. The Morgan fingerprint density at radius 2 is 2.50 bits per heavy atom. The molecule has 0 unspecified atom stereocenters. The molecule has 0 amide bonds. The molecule has 1 aliphatic heterocycles. The molecule has 0 atom stereocenters. The summed E-state index contributed by atoms with van der Waals surface area (Å²) < 4.78 is 4.56. The summed E-state index contributed by atoms with van der Waals surface area (Å²) in [6, 6.07) is 0. The van der Waals surface area contributed by atoms with Crippen LogP contribution in [0.5, 0.6) is 0 Å². The summed E-state index contributed by atoms with van der Waals surface area (Å²) in [5, 5.41) is 0. The predicted molar refractivity (Wildman–Crippen MR) is 50.8 cm³/mol. The fourth-order valence-corrected chi connectivity index (χ4v) is 2.76. The van der Waals surface area contributed by atoms with E-state index >= 15 is 0 Å². The van der Waals surface area contributed by atoms with Crippen molar-refractivity contribution in [2.45, 2.75) is 0 Å².